The van der Waals surface area contributed by atoms with E-state index in [1.165, 1.54) is 0 Å². The van der Waals surface area contributed by atoms with Crippen LogP contribution in [0.3, 0.4) is 0 Å². The molecule has 0 saturated heterocycles. The zero-order chi connectivity index (χ0) is 19.2. The Bertz CT molecular complexity index is 730. The van der Waals surface area contributed by atoms with Crippen LogP contribution in [0, 0.1) is 0 Å². The maximum Gasteiger partial charge on any atom is 0.122 e. The molecule has 0 bridgehead atoms. The number of aromatic hydroxyl groups is 2. The minimum Gasteiger partial charge on any atom is -0.507 e. The fraction of sp³-hybridized carbons (Fsp3) is 0.429. The van der Waals surface area contributed by atoms with Crippen LogP contribution in [-0.2, 0) is 17.3 Å². The molecule has 4 heteroatoms. The first-order valence-corrected chi connectivity index (χ1v) is 9.31. The van der Waals surface area contributed by atoms with Crippen LogP contribution in [0.15, 0.2) is 34.1 Å². The van der Waals surface area contributed by atoms with Gasteiger partial charge in [-0.25, -0.2) is 0 Å². The van der Waals surface area contributed by atoms with Gasteiger partial charge < -0.3 is 10.2 Å². The summed E-state index contributed by atoms with van der Waals surface area (Å²) >= 11 is 8.99. The molecule has 2 nitrogen and oxygen atoms in total. The average Bonchev–Trinajstić information content (AvgIpc) is 2.43. The second-order valence-corrected chi connectivity index (χ2v) is 9.71. The summed E-state index contributed by atoms with van der Waals surface area (Å²) < 4.78 is 0. The summed E-state index contributed by atoms with van der Waals surface area (Å²) in [5, 5.41) is 21.5. The van der Waals surface area contributed by atoms with Gasteiger partial charge in [-0.2, -0.15) is 0 Å². The molecular formula is C21H28O2S2. The highest BCUT2D eigenvalue weighted by molar-refractivity contribution is 7.80. The first-order valence-electron chi connectivity index (χ1n) is 8.41. The number of hydrogen-bond acceptors (Lipinski definition) is 4. The number of phenols is 2. The zero-order valence-corrected chi connectivity index (χ0v) is 17.6. The summed E-state index contributed by atoms with van der Waals surface area (Å²) in [6, 6.07) is 7.51. The van der Waals surface area contributed by atoms with Gasteiger partial charge in [-0.05, 0) is 46.2 Å². The zero-order valence-electron chi connectivity index (χ0n) is 15.8. The highest BCUT2D eigenvalue weighted by Crippen LogP contribution is 2.40. The smallest absolute Gasteiger partial charge is 0.122 e. The normalized spacial score (nSPS) is 12.5. The third kappa shape index (κ3) is 4.48. The predicted octanol–water partition coefficient (Wildman–Crippen LogP) is 5.86. The Morgan fingerprint density at radius 1 is 0.680 bits per heavy atom. The highest BCUT2D eigenvalue weighted by atomic mass is 32.1. The second-order valence-electron chi connectivity index (χ2n) is 8.68. The molecule has 2 rings (SSSR count). The Balaban J connectivity index is 2.58. The SMILES string of the molecule is CC(C)(C)c1cc(S)cc(Cc2cc(S)cc(C(C)(C)C)c2O)c1O. The first-order chi connectivity index (χ1) is 11.3. The van der Waals surface area contributed by atoms with Crippen LogP contribution in [0.25, 0.3) is 0 Å². The molecule has 0 amide bonds. The predicted molar refractivity (Wildman–Crippen MR) is 111 cm³/mol. The van der Waals surface area contributed by atoms with Crippen LogP contribution in [-0.4, -0.2) is 10.2 Å². The fourth-order valence-corrected chi connectivity index (χ4v) is 3.54. The summed E-state index contributed by atoms with van der Waals surface area (Å²) in [5.41, 5.74) is 2.83. The van der Waals surface area contributed by atoms with Gasteiger partial charge in [-0.3, -0.25) is 0 Å². The van der Waals surface area contributed by atoms with E-state index in [1.807, 2.05) is 24.3 Å². The third-order valence-corrected chi connectivity index (χ3v) is 4.86. The Hall–Kier alpha value is -1.26. The Morgan fingerprint density at radius 3 is 1.28 bits per heavy atom. The largest absolute Gasteiger partial charge is 0.507 e. The molecule has 2 aromatic rings. The van der Waals surface area contributed by atoms with Crippen molar-refractivity contribution in [3.8, 4) is 11.5 Å². The standard InChI is InChI=1S/C21H28O2S2/c1-20(2,3)16-10-14(24)8-12(18(16)22)7-13-9-15(25)11-17(19(13)23)21(4,5)6/h8-11,22-25H,7H2,1-6H3. The van der Waals surface area contributed by atoms with Crippen molar-refractivity contribution in [1.29, 1.82) is 0 Å². The molecule has 136 valence electrons. The van der Waals surface area contributed by atoms with Crippen LogP contribution < -0.4 is 0 Å². The quantitative estimate of drug-likeness (QED) is 0.496. The monoisotopic (exact) mass is 376 g/mol. The summed E-state index contributed by atoms with van der Waals surface area (Å²) in [7, 11) is 0. The topological polar surface area (TPSA) is 40.5 Å². The van der Waals surface area contributed by atoms with E-state index >= 15 is 0 Å². The van der Waals surface area contributed by atoms with Gasteiger partial charge in [0.2, 0.25) is 0 Å². The van der Waals surface area contributed by atoms with Crippen molar-refractivity contribution in [3.05, 3.63) is 46.5 Å². The van der Waals surface area contributed by atoms with E-state index in [1.54, 1.807) is 0 Å². The number of phenolic OH excluding ortho intramolecular Hbond substituents is 2. The maximum absolute atomic E-state index is 10.8. The molecular weight excluding hydrogens is 348 g/mol. The molecule has 2 N–H and O–H groups in total. The van der Waals surface area contributed by atoms with Crippen molar-refractivity contribution >= 4 is 25.3 Å². The van der Waals surface area contributed by atoms with Crippen molar-refractivity contribution in [1.82, 2.24) is 0 Å². The Morgan fingerprint density at radius 2 is 1.00 bits per heavy atom. The molecule has 0 fully saturated rings. The molecule has 0 atom stereocenters. The molecule has 0 spiro atoms. The average molecular weight is 377 g/mol. The van der Waals surface area contributed by atoms with Gasteiger partial charge in [-0.1, -0.05) is 41.5 Å². The highest BCUT2D eigenvalue weighted by Gasteiger charge is 2.24. The molecule has 0 aliphatic rings. The lowest BCUT2D eigenvalue weighted by molar-refractivity contribution is 0.434. The van der Waals surface area contributed by atoms with E-state index in [-0.39, 0.29) is 22.3 Å². The summed E-state index contributed by atoms with van der Waals surface area (Å²) in [6.45, 7) is 12.3. The van der Waals surface area contributed by atoms with Gasteiger partial charge in [0.05, 0.1) is 0 Å². The molecule has 25 heavy (non-hydrogen) atoms. The molecule has 0 aliphatic heterocycles. The van der Waals surface area contributed by atoms with Gasteiger partial charge in [0.15, 0.2) is 0 Å². The summed E-state index contributed by atoms with van der Waals surface area (Å²) in [5.74, 6) is 0.540. The summed E-state index contributed by atoms with van der Waals surface area (Å²) in [4.78, 5) is 1.60. The first kappa shape index (κ1) is 20.1. The summed E-state index contributed by atoms with van der Waals surface area (Å²) in [6.07, 6.45) is 0.423. The molecule has 0 radical (unpaired) electrons. The number of hydrogen-bond donors (Lipinski definition) is 4. The van der Waals surface area contributed by atoms with Crippen LogP contribution in [0.5, 0.6) is 11.5 Å². The molecule has 2 aromatic carbocycles. The van der Waals surface area contributed by atoms with Gasteiger partial charge in [-0.15, -0.1) is 25.3 Å². The Labute approximate surface area is 162 Å². The maximum atomic E-state index is 10.8. The van der Waals surface area contributed by atoms with Crippen LogP contribution in [0.2, 0.25) is 0 Å². The van der Waals surface area contributed by atoms with Gasteiger partial charge in [0, 0.05) is 27.3 Å². The van der Waals surface area contributed by atoms with Crippen molar-refractivity contribution < 1.29 is 10.2 Å². The Kier molecular flexibility index (Phi) is 5.46. The fourth-order valence-electron chi connectivity index (χ4n) is 2.97. The number of rotatable bonds is 2. The van der Waals surface area contributed by atoms with Crippen LogP contribution >= 0.6 is 25.3 Å². The second kappa shape index (κ2) is 6.81. The lowest BCUT2D eigenvalue weighted by atomic mass is 9.83. The molecule has 0 saturated carbocycles. The van der Waals surface area contributed by atoms with E-state index in [4.69, 9.17) is 0 Å². The molecule has 0 unspecified atom stereocenters. The molecule has 0 heterocycles. The van der Waals surface area contributed by atoms with E-state index in [0.29, 0.717) is 6.42 Å². The van der Waals surface area contributed by atoms with Crippen LogP contribution in [0.1, 0.15) is 63.8 Å². The van der Waals surface area contributed by atoms with E-state index in [2.05, 4.69) is 66.8 Å². The molecule has 0 aliphatic carbocycles. The van der Waals surface area contributed by atoms with Gasteiger partial charge >= 0.3 is 0 Å². The molecule has 0 aromatic heterocycles. The van der Waals surface area contributed by atoms with Crippen LogP contribution in [0.4, 0.5) is 0 Å². The number of thiol groups is 2. The van der Waals surface area contributed by atoms with E-state index < -0.39 is 0 Å². The van der Waals surface area contributed by atoms with E-state index in [9.17, 15) is 10.2 Å². The third-order valence-electron chi connectivity index (χ3n) is 4.34. The minimum atomic E-state index is -0.193. The van der Waals surface area contributed by atoms with E-state index in [0.717, 1.165) is 32.0 Å². The minimum absolute atomic E-state index is 0.193. The van der Waals surface area contributed by atoms with Gasteiger partial charge in [0.1, 0.15) is 11.5 Å². The lowest BCUT2D eigenvalue weighted by Gasteiger charge is -2.24. The van der Waals surface area contributed by atoms with Gasteiger partial charge in [0.25, 0.3) is 0 Å². The lowest BCUT2D eigenvalue weighted by Crippen LogP contribution is -2.13. The number of benzene rings is 2. The van der Waals surface area contributed by atoms with Crippen molar-refractivity contribution in [2.24, 2.45) is 0 Å². The van der Waals surface area contributed by atoms with Crippen molar-refractivity contribution in [2.75, 3.05) is 0 Å². The van der Waals surface area contributed by atoms with Crippen molar-refractivity contribution in [2.45, 2.75) is 68.6 Å². The van der Waals surface area contributed by atoms with Crippen molar-refractivity contribution in [3.63, 3.8) is 0 Å².